The molecule has 6 heteroatoms. The number of amides is 1. The molecule has 2 unspecified atom stereocenters. The van der Waals surface area contributed by atoms with Gasteiger partial charge in [0.25, 0.3) is 0 Å². The van der Waals surface area contributed by atoms with Gasteiger partial charge >= 0.3 is 0 Å². The Balaban J connectivity index is 1.89. The average Bonchev–Trinajstić information content (AvgIpc) is 2.91. The predicted octanol–water partition coefficient (Wildman–Crippen LogP) is 2.58. The molecule has 0 radical (unpaired) electrons. The number of likely N-dealkylation sites (N-methyl/N-ethyl adjacent to an activating group) is 1. The van der Waals surface area contributed by atoms with Gasteiger partial charge in [-0.3, -0.25) is 9.69 Å². The highest BCUT2D eigenvalue weighted by Crippen LogP contribution is 2.21. The van der Waals surface area contributed by atoms with Gasteiger partial charge in [-0.1, -0.05) is 6.07 Å². The summed E-state index contributed by atoms with van der Waals surface area (Å²) in [6.45, 7) is 1.98. The van der Waals surface area contributed by atoms with Crippen LogP contribution in [0.4, 0.5) is 8.78 Å². The van der Waals surface area contributed by atoms with Gasteiger partial charge < -0.3 is 5.32 Å². The van der Waals surface area contributed by atoms with E-state index in [9.17, 15) is 13.6 Å². The maximum atomic E-state index is 13.7. The first-order valence-electron chi connectivity index (χ1n) is 6.99. The standard InChI is InChI=1S/C15H20F2N2OS/c1-10(13-4-3-11(16)7-14(13)17)18-15(20)8-19(2)12-5-6-21-9-12/h3-4,7,10,12H,5-6,8-9H2,1-2H3,(H,18,20). The van der Waals surface area contributed by atoms with Gasteiger partial charge in [0.1, 0.15) is 11.6 Å². The van der Waals surface area contributed by atoms with Crippen LogP contribution in [0.2, 0.25) is 0 Å². The van der Waals surface area contributed by atoms with E-state index in [0.29, 0.717) is 18.2 Å². The van der Waals surface area contributed by atoms with Crippen molar-refractivity contribution >= 4 is 17.7 Å². The number of nitrogens with one attached hydrogen (secondary N) is 1. The highest BCUT2D eigenvalue weighted by atomic mass is 32.2. The zero-order chi connectivity index (χ0) is 15.4. The van der Waals surface area contributed by atoms with Crippen molar-refractivity contribution in [2.45, 2.75) is 25.4 Å². The Hall–Kier alpha value is -1.14. The molecule has 0 aliphatic carbocycles. The third kappa shape index (κ3) is 4.41. The smallest absolute Gasteiger partial charge is 0.234 e. The van der Waals surface area contributed by atoms with Crippen molar-refractivity contribution < 1.29 is 13.6 Å². The van der Waals surface area contributed by atoms with Crippen molar-refractivity contribution in [1.29, 1.82) is 0 Å². The van der Waals surface area contributed by atoms with E-state index in [4.69, 9.17) is 0 Å². The minimum atomic E-state index is -0.636. The normalized spacial score (nSPS) is 19.8. The van der Waals surface area contributed by atoms with E-state index in [0.717, 1.165) is 24.0 Å². The second-order valence-electron chi connectivity index (χ2n) is 5.39. The van der Waals surface area contributed by atoms with Gasteiger partial charge in [-0.05, 0) is 32.2 Å². The summed E-state index contributed by atoms with van der Waals surface area (Å²) in [7, 11) is 1.93. The number of hydrogen-bond acceptors (Lipinski definition) is 3. The zero-order valence-electron chi connectivity index (χ0n) is 12.2. The molecule has 1 saturated heterocycles. The van der Waals surface area contributed by atoms with Crippen molar-refractivity contribution in [3.05, 3.63) is 35.4 Å². The molecular formula is C15H20F2N2OS. The third-order valence-corrected chi connectivity index (χ3v) is 4.87. The highest BCUT2D eigenvalue weighted by Gasteiger charge is 2.22. The van der Waals surface area contributed by atoms with Crippen LogP contribution >= 0.6 is 11.8 Å². The maximum Gasteiger partial charge on any atom is 0.234 e. The summed E-state index contributed by atoms with van der Waals surface area (Å²) in [4.78, 5) is 14.0. The van der Waals surface area contributed by atoms with Crippen LogP contribution in [0.1, 0.15) is 24.9 Å². The fraction of sp³-hybridized carbons (Fsp3) is 0.533. The summed E-state index contributed by atoms with van der Waals surface area (Å²) in [5.41, 5.74) is 0.295. The van der Waals surface area contributed by atoms with Crippen LogP contribution in [0.3, 0.4) is 0 Å². The molecule has 1 amide bonds. The Labute approximate surface area is 128 Å². The maximum absolute atomic E-state index is 13.7. The Morgan fingerprint density at radius 1 is 1.52 bits per heavy atom. The van der Waals surface area contributed by atoms with Crippen LogP contribution in [0.15, 0.2) is 18.2 Å². The fourth-order valence-corrected chi connectivity index (χ4v) is 3.74. The fourth-order valence-electron chi connectivity index (χ4n) is 2.44. The van der Waals surface area contributed by atoms with Crippen LogP contribution < -0.4 is 5.32 Å². The van der Waals surface area contributed by atoms with E-state index in [-0.39, 0.29) is 5.91 Å². The minimum absolute atomic E-state index is 0.148. The highest BCUT2D eigenvalue weighted by molar-refractivity contribution is 7.99. The van der Waals surface area contributed by atoms with Gasteiger partial charge in [0.15, 0.2) is 0 Å². The third-order valence-electron chi connectivity index (χ3n) is 3.73. The van der Waals surface area contributed by atoms with Crippen molar-refractivity contribution in [1.82, 2.24) is 10.2 Å². The van der Waals surface area contributed by atoms with Crippen LogP contribution in [0, 0.1) is 11.6 Å². The molecule has 1 aliphatic rings. The summed E-state index contributed by atoms with van der Waals surface area (Å²) in [6.07, 6.45) is 1.09. The number of thioether (sulfide) groups is 1. The van der Waals surface area contributed by atoms with Gasteiger partial charge in [-0.2, -0.15) is 11.8 Å². The van der Waals surface area contributed by atoms with Gasteiger partial charge in [-0.25, -0.2) is 8.78 Å². The lowest BCUT2D eigenvalue weighted by Gasteiger charge is -2.24. The van der Waals surface area contributed by atoms with Crippen LogP contribution in [-0.4, -0.2) is 41.9 Å². The molecule has 1 heterocycles. The number of rotatable bonds is 5. The monoisotopic (exact) mass is 314 g/mol. The Bertz CT molecular complexity index is 506. The first kappa shape index (κ1) is 16.2. The van der Waals surface area contributed by atoms with Crippen molar-refractivity contribution in [2.75, 3.05) is 25.1 Å². The molecule has 1 fully saturated rings. The molecule has 1 aromatic rings. The number of hydrogen-bond donors (Lipinski definition) is 1. The number of carbonyl (C=O) groups excluding carboxylic acids is 1. The van der Waals surface area contributed by atoms with Crippen LogP contribution in [0.5, 0.6) is 0 Å². The minimum Gasteiger partial charge on any atom is -0.348 e. The summed E-state index contributed by atoms with van der Waals surface area (Å²) in [6, 6.07) is 3.35. The van der Waals surface area contributed by atoms with Crippen LogP contribution in [-0.2, 0) is 4.79 Å². The molecule has 1 N–H and O–H groups in total. The van der Waals surface area contributed by atoms with Crippen molar-refractivity contribution in [3.63, 3.8) is 0 Å². The molecular weight excluding hydrogens is 294 g/mol. The van der Waals surface area contributed by atoms with Crippen molar-refractivity contribution in [2.24, 2.45) is 0 Å². The molecule has 0 spiro atoms. The topological polar surface area (TPSA) is 32.3 Å². The molecule has 3 nitrogen and oxygen atoms in total. The predicted molar refractivity (Wildman–Crippen MR) is 81.3 cm³/mol. The lowest BCUT2D eigenvalue weighted by molar-refractivity contribution is -0.123. The zero-order valence-corrected chi connectivity index (χ0v) is 13.1. The van der Waals surface area contributed by atoms with E-state index >= 15 is 0 Å². The van der Waals surface area contributed by atoms with Gasteiger partial charge in [0.05, 0.1) is 12.6 Å². The van der Waals surface area contributed by atoms with E-state index in [1.807, 2.05) is 23.7 Å². The molecule has 1 aliphatic heterocycles. The summed E-state index contributed by atoms with van der Waals surface area (Å²) in [5.74, 6) is 0.780. The first-order valence-corrected chi connectivity index (χ1v) is 8.15. The van der Waals surface area contributed by atoms with Crippen molar-refractivity contribution in [3.8, 4) is 0 Å². The van der Waals surface area contributed by atoms with Gasteiger partial charge in [-0.15, -0.1) is 0 Å². The van der Waals surface area contributed by atoms with E-state index in [2.05, 4.69) is 5.32 Å². The molecule has 0 aromatic heterocycles. The van der Waals surface area contributed by atoms with E-state index in [1.165, 1.54) is 12.1 Å². The first-order chi connectivity index (χ1) is 9.97. The molecule has 2 atom stereocenters. The SMILES string of the molecule is CC(NC(=O)CN(C)C1CCSC1)c1ccc(F)cc1F. The lowest BCUT2D eigenvalue weighted by atomic mass is 10.1. The van der Waals surface area contributed by atoms with Gasteiger partial charge in [0, 0.05) is 23.4 Å². The lowest BCUT2D eigenvalue weighted by Crippen LogP contribution is -2.41. The Kier molecular flexibility index (Phi) is 5.58. The molecule has 0 bridgehead atoms. The van der Waals surface area contributed by atoms with Gasteiger partial charge in [0.2, 0.25) is 5.91 Å². The number of halogens is 2. The number of nitrogens with zero attached hydrogens (tertiary/aromatic N) is 1. The Morgan fingerprint density at radius 2 is 2.29 bits per heavy atom. The van der Waals surface area contributed by atoms with E-state index < -0.39 is 17.7 Å². The molecule has 0 saturated carbocycles. The summed E-state index contributed by atoms with van der Waals surface area (Å²) in [5, 5.41) is 2.76. The molecule has 2 rings (SSSR count). The average molecular weight is 314 g/mol. The quantitative estimate of drug-likeness (QED) is 0.906. The van der Waals surface area contributed by atoms with E-state index in [1.54, 1.807) is 6.92 Å². The molecule has 116 valence electrons. The van der Waals surface area contributed by atoms with Crippen LogP contribution in [0.25, 0.3) is 0 Å². The second kappa shape index (κ2) is 7.22. The number of carbonyl (C=O) groups is 1. The summed E-state index contributed by atoms with van der Waals surface area (Å²) >= 11 is 1.89. The number of benzene rings is 1. The molecule has 1 aromatic carbocycles. The second-order valence-corrected chi connectivity index (χ2v) is 6.54. The Morgan fingerprint density at radius 3 is 2.90 bits per heavy atom. The largest absolute Gasteiger partial charge is 0.348 e. The summed E-state index contributed by atoms with van der Waals surface area (Å²) < 4.78 is 26.5. The molecule has 21 heavy (non-hydrogen) atoms.